The van der Waals surface area contributed by atoms with Gasteiger partial charge in [-0.15, -0.1) is 0 Å². The van der Waals surface area contributed by atoms with E-state index in [1.165, 1.54) is 0 Å². The second-order valence-corrected chi connectivity index (χ2v) is 4.91. The van der Waals surface area contributed by atoms with Gasteiger partial charge in [-0.1, -0.05) is 0 Å². The summed E-state index contributed by atoms with van der Waals surface area (Å²) in [7, 11) is 0. The van der Waals surface area contributed by atoms with Crippen LogP contribution in [0.3, 0.4) is 0 Å². The van der Waals surface area contributed by atoms with E-state index < -0.39 is 0 Å². The molecule has 104 valence electrons. The Kier molecular flexibility index (Phi) is 3.15. The van der Waals surface area contributed by atoms with Crippen molar-refractivity contribution in [3.8, 4) is 5.75 Å². The number of fused-ring (bicyclic) bond motifs is 1. The summed E-state index contributed by atoms with van der Waals surface area (Å²) in [4.78, 5) is 12.3. The zero-order valence-corrected chi connectivity index (χ0v) is 11.2. The Balaban J connectivity index is 1.82. The van der Waals surface area contributed by atoms with Crippen molar-refractivity contribution in [1.82, 2.24) is 15.5 Å². The average Bonchev–Trinajstić information content (AvgIpc) is 2.87. The molecule has 20 heavy (non-hydrogen) atoms. The molecule has 0 saturated carbocycles. The van der Waals surface area contributed by atoms with Gasteiger partial charge < -0.3 is 15.7 Å². The van der Waals surface area contributed by atoms with Crippen LogP contribution in [-0.2, 0) is 13.0 Å². The van der Waals surface area contributed by atoms with Crippen LogP contribution in [0.5, 0.6) is 5.75 Å². The Morgan fingerprint density at radius 1 is 1.45 bits per heavy atom. The largest absolute Gasteiger partial charge is 0.508 e. The van der Waals surface area contributed by atoms with Crippen LogP contribution in [0.15, 0.2) is 18.2 Å². The van der Waals surface area contributed by atoms with Gasteiger partial charge in [0, 0.05) is 36.5 Å². The minimum atomic E-state index is -0.240. The summed E-state index contributed by atoms with van der Waals surface area (Å²) >= 11 is 0. The zero-order valence-electron chi connectivity index (χ0n) is 11.2. The predicted octanol–water partition coefficient (Wildman–Crippen LogP) is 1.32. The van der Waals surface area contributed by atoms with E-state index in [1.54, 1.807) is 25.1 Å². The molecule has 0 aliphatic carbocycles. The molecule has 0 fully saturated rings. The fourth-order valence-electron chi connectivity index (χ4n) is 2.34. The number of anilines is 1. The number of hydrogen-bond acceptors (Lipinski definition) is 4. The molecule has 2 heterocycles. The van der Waals surface area contributed by atoms with E-state index >= 15 is 0 Å². The Labute approximate surface area is 116 Å². The number of aromatic hydroxyl groups is 1. The molecule has 1 aliphatic rings. The molecule has 0 bridgehead atoms. The van der Waals surface area contributed by atoms with Crippen molar-refractivity contribution >= 4 is 11.6 Å². The smallest absolute Gasteiger partial charge is 0.276 e. The van der Waals surface area contributed by atoms with Gasteiger partial charge in [-0.3, -0.25) is 9.89 Å². The molecule has 1 amide bonds. The Bertz CT molecular complexity index is 663. The monoisotopic (exact) mass is 272 g/mol. The van der Waals surface area contributed by atoms with E-state index in [9.17, 15) is 9.90 Å². The van der Waals surface area contributed by atoms with Crippen LogP contribution >= 0.6 is 0 Å². The highest BCUT2D eigenvalue weighted by molar-refractivity contribution is 6.04. The molecular weight excluding hydrogens is 256 g/mol. The lowest BCUT2D eigenvalue weighted by atomic mass is 10.1. The maximum absolute atomic E-state index is 12.3. The number of nitrogens with one attached hydrogen (secondary N) is 3. The maximum atomic E-state index is 12.3. The molecule has 2 aromatic rings. The van der Waals surface area contributed by atoms with E-state index in [4.69, 9.17) is 0 Å². The number of rotatable bonds is 2. The topological polar surface area (TPSA) is 90.0 Å². The van der Waals surface area contributed by atoms with Gasteiger partial charge in [-0.25, -0.2) is 0 Å². The first kappa shape index (κ1) is 12.7. The van der Waals surface area contributed by atoms with Gasteiger partial charge in [0.05, 0.1) is 0 Å². The van der Waals surface area contributed by atoms with Crippen LogP contribution in [0, 0.1) is 6.92 Å². The Morgan fingerprint density at radius 3 is 3.10 bits per heavy atom. The van der Waals surface area contributed by atoms with E-state index in [2.05, 4.69) is 20.8 Å². The van der Waals surface area contributed by atoms with Crippen molar-refractivity contribution in [2.75, 3.05) is 11.9 Å². The van der Waals surface area contributed by atoms with Gasteiger partial charge >= 0.3 is 0 Å². The molecule has 1 aliphatic heterocycles. The lowest BCUT2D eigenvalue weighted by Gasteiger charge is -2.13. The van der Waals surface area contributed by atoms with Gasteiger partial charge in [0.2, 0.25) is 0 Å². The van der Waals surface area contributed by atoms with E-state index in [-0.39, 0.29) is 11.7 Å². The van der Waals surface area contributed by atoms with Crippen molar-refractivity contribution in [2.45, 2.75) is 19.9 Å². The summed E-state index contributed by atoms with van der Waals surface area (Å²) in [6.07, 6.45) is 0.855. The fraction of sp³-hybridized carbons (Fsp3) is 0.286. The summed E-state index contributed by atoms with van der Waals surface area (Å²) in [5.41, 5.74) is 3.75. The molecule has 3 rings (SSSR count). The summed E-state index contributed by atoms with van der Waals surface area (Å²) in [5.74, 6) is -0.0272. The summed E-state index contributed by atoms with van der Waals surface area (Å²) < 4.78 is 0. The number of phenolic OH excluding ortho intramolecular Hbond substituents is 1. The third kappa shape index (κ3) is 2.25. The van der Waals surface area contributed by atoms with E-state index in [0.717, 1.165) is 24.2 Å². The Hall–Kier alpha value is -2.34. The van der Waals surface area contributed by atoms with Gasteiger partial charge in [0.1, 0.15) is 5.75 Å². The zero-order chi connectivity index (χ0) is 14.1. The lowest BCUT2D eigenvalue weighted by Crippen LogP contribution is -2.25. The first-order chi connectivity index (χ1) is 9.65. The van der Waals surface area contributed by atoms with E-state index in [1.807, 2.05) is 0 Å². The van der Waals surface area contributed by atoms with Crippen LogP contribution in [0.25, 0.3) is 0 Å². The minimum absolute atomic E-state index is 0.212. The van der Waals surface area contributed by atoms with Gasteiger partial charge in [0.25, 0.3) is 5.91 Å². The molecule has 0 atom stereocenters. The number of carbonyl (C=O) groups excluding carboxylic acids is 1. The molecule has 6 nitrogen and oxygen atoms in total. The predicted molar refractivity (Wildman–Crippen MR) is 74.8 cm³/mol. The number of carbonyl (C=O) groups is 1. The Morgan fingerprint density at radius 2 is 2.30 bits per heavy atom. The van der Waals surface area contributed by atoms with E-state index in [0.29, 0.717) is 23.5 Å². The van der Waals surface area contributed by atoms with Crippen LogP contribution in [-0.4, -0.2) is 27.8 Å². The summed E-state index contributed by atoms with van der Waals surface area (Å²) in [6, 6.07) is 4.95. The summed E-state index contributed by atoms with van der Waals surface area (Å²) in [6.45, 7) is 3.34. The van der Waals surface area contributed by atoms with Crippen molar-refractivity contribution in [1.29, 1.82) is 0 Å². The van der Waals surface area contributed by atoms with Crippen LogP contribution in [0.4, 0.5) is 5.69 Å². The molecular formula is C14H16N4O2. The third-order valence-corrected chi connectivity index (χ3v) is 3.48. The van der Waals surface area contributed by atoms with Crippen molar-refractivity contribution in [3.63, 3.8) is 0 Å². The van der Waals surface area contributed by atoms with Crippen molar-refractivity contribution in [2.24, 2.45) is 0 Å². The number of aryl methyl sites for hydroxylation is 1. The number of amides is 1. The molecule has 0 radical (unpaired) electrons. The number of nitrogens with zero attached hydrogens (tertiary/aromatic N) is 1. The third-order valence-electron chi connectivity index (χ3n) is 3.48. The second kappa shape index (κ2) is 4.97. The second-order valence-electron chi connectivity index (χ2n) is 4.91. The first-order valence-electron chi connectivity index (χ1n) is 6.53. The molecule has 1 aromatic heterocycles. The molecule has 6 heteroatoms. The van der Waals surface area contributed by atoms with Crippen LogP contribution in [0.1, 0.15) is 27.3 Å². The van der Waals surface area contributed by atoms with Crippen molar-refractivity contribution < 1.29 is 9.90 Å². The van der Waals surface area contributed by atoms with Crippen molar-refractivity contribution in [3.05, 3.63) is 40.7 Å². The van der Waals surface area contributed by atoms with Gasteiger partial charge in [-0.05, 0) is 30.7 Å². The number of H-pyrrole nitrogens is 1. The molecule has 1 aromatic carbocycles. The highest BCUT2D eigenvalue weighted by atomic mass is 16.3. The minimum Gasteiger partial charge on any atom is -0.508 e. The van der Waals surface area contributed by atoms with Crippen LogP contribution in [0.2, 0.25) is 0 Å². The normalized spacial score (nSPS) is 13.8. The van der Waals surface area contributed by atoms with Gasteiger partial charge in [0.15, 0.2) is 5.69 Å². The lowest BCUT2D eigenvalue weighted by molar-refractivity contribution is 0.102. The molecule has 0 unspecified atom stereocenters. The standard InChI is InChI=1S/C14H16N4O2/c1-8-6-9(2-3-12(8)19)16-14(20)13-10-7-15-5-4-11(10)17-18-13/h2-3,6,15,19H,4-5,7H2,1H3,(H,16,20)(H,17,18). The summed E-state index contributed by atoms with van der Waals surface area (Å²) in [5, 5.41) is 22.5. The maximum Gasteiger partial charge on any atom is 0.276 e. The number of phenols is 1. The molecule has 0 saturated heterocycles. The average molecular weight is 272 g/mol. The van der Waals surface area contributed by atoms with Gasteiger partial charge in [-0.2, -0.15) is 5.10 Å². The molecule has 4 N–H and O–H groups in total. The SMILES string of the molecule is Cc1cc(NC(=O)c2n[nH]c3c2CNCC3)ccc1O. The number of benzene rings is 1. The quantitative estimate of drug-likeness (QED) is 0.621. The number of hydrogen-bond donors (Lipinski definition) is 4. The fourth-order valence-corrected chi connectivity index (χ4v) is 2.34. The number of aromatic nitrogens is 2. The molecule has 0 spiro atoms. The number of aromatic amines is 1. The highest BCUT2D eigenvalue weighted by Crippen LogP contribution is 2.21. The van der Waals surface area contributed by atoms with Crippen LogP contribution < -0.4 is 10.6 Å². The first-order valence-corrected chi connectivity index (χ1v) is 6.53. The highest BCUT2D eigenvalue weighted by Gasteiger charge is 2.21.